The van der Waals surface area contributed by atoms with Gasteiger partial charge in [-0.25, -0.2) is 0 Å². The Morgan fingerprint density at radius 3 is 1.74 bits per heavy atom. The Morgan fingerprint density at radius 2 is 1.31 bits per heavy atom. The average molecular weight is 702 g/mol. The molecule has 42 heavy (non-hydrogen) atoms. The van der Waals surface area contributed by atoms with Gasteiger partial charge < -0.3 is 0 Å². The molecule has 0 aliphatic rings. The number of amides is 1. The van der Waals surface area contributed by atoms with Crippen molar-refractivity contribution in [3.05, 3.63) is 59.2 Å². The van der Waals surface area contributed by atoms with E-state index in [0.29, 0.717) is 5.56 Å². The minimum atomic E-state index is -2.71. The number of carbonyl (C=O) groups excluding carboxylic acids is 2. The number of halogens is 4. The number of carbonyl (C=O) groups is 2. The van der Waals surface area contributed by atoms with E-state index in [0.717, 1.165) is 19.3 Å². The number of unbranched alkanes of at least 4 members (excludes halogenated alkanes) is 3. The van der Waals surface area contributed by atoms with Gasteiger partial charge in [-0.2, -0.15) is 0 Å². The second-order valence-electron chi connectivity index (χ2n) is 11.9. The average Bonchev–Trinajstić information content (AvgIpc) is 2.93. The predicted octanol–water partition coefficient (Wildman–Crippen LogP) is 8.34. The van der Waals surface area contributed by atoms with Gasteiger partial charge in [0.1, 0.15) is 0 Å². The molecule has 0 unspecified atom stereocenters. The second kappa shape index (κ2) is 16.5. The SMILES string of the molecule is CCC[CH2][Sn]([CH2]CCC)([CH2]CCC)[c]1ccc(C[C@H](NC(=O)OC(C)(C)C)C(=O)Oc2c(F)c(F)cc(F)c2F)cc1. The monoisotopic (exact) mass is 703 g/mol. The fourth-order valence-corrected chi connectivity index (χ4v) is 21.0. The fraction of sp³-hybridized carbons (Fsp3) is 0.562. The van der Waals surface area contributed by atoms with Crippen molar-refractivity contribution in [2.45, 2.75) is 111 Å². The van der Waals surface area contributed by atoms with Crippen molar-refractivity contribution in [3.63, 3.8) is 0 Å². The summed E-state index contributed by atoms with van der Waals surface area (Å²) in [6.45, 7) is 11.5. The predicted molar refractivity (Wildman–Crippen MR) is 160 cm³/mol. The normalized spacial score (nSPS) is 12.6. The van der Waals surface area contributed by atoms with Crippen LogP contribution in [0, 0.1) is 23.3 Å². The van der Waals surface area contributed by atoms with Crippen molar-refractivity contribution < 1.29 is 36.6 Å². The summed E-state index contributed by atoms with van der Waals surface area (Å²) < 4.78 is 71.2. The van der Waals surface area contributed by atoms with E-state index in [1.54, 1.807) is 20.8 Å². The van der Waals surface area contributed by atoms with Crippen molar-refractivity contribution in [2.24, 2.45) is 0 Å². The Balaban J connectivity index is 2.40. The van der Waals surface area contributed by atoms with E-state index < -0.39 is 71.1 Å². The van der Waals surface area contributed by atoms with Crippen LogP contribution >= 0.6 is 0 Å². The quantitative estimate of drug-likeness (QED) is 0.0667. The van der Waals surface area contributed by atoms with E-state index in [4.69, 9.17) is 9.47 Å². The summed E-state index contributed by atoms with van der Waals surface area (Å²) in [5.41, 5.74) is -0.222. The van der Waals surface area contributed by atoms with E-state index in [1.165, 1.54) is 36.2 Å². The summed E-state index contributed by atoms with van der Waals surface area (Å²) in [5, 5.41) is 2.38. The number of nitrogens with one attached hydrogen (secondary N) is 1. The second-order valence-corrected chi connectivity index (χ2v) is 25.1. The fourth-order valence-electron chi connectivity index (χ4n) is 5.04. The van der Waals surface area contributed by atoms with Gasteiger partial charge in [-0.15, -0.1) is 0 Å². The zero-order valence-corrected chi connectivity index (χ0v) is 28.5. The number of esters is 1. The molecule has 1 atom stereocenters. The van der Waals surface area contributed by atoms with Crippen LogP contribution in [0.3, 0.4) is 0 Å². The molecular formula is C32H45F4NO4Sn. The summed E-state index contributed by atoms with van der Waals surface area (Å²) in [6.07, 6.45) is 5.98. The third-order valence-electron chi connectivity index (χ3n) is 7.28. The van der Waals surface area contributed by atoms with Crippen LogP contribution in [-0.4, -0.2) is 42.1 Å². The zero-order chi connectivity index (χ0) is 31.5. The van der Waals surface area contributed by atoms with Gasteiger partial charge in [0.25, 0.3) is 0 Å². The molecule has 0 radical (unpaired) electrons. The molecule has 5 nitrogen and oxygen atoms in total. The van der Waals surface area contributed by atoms with Crippen LogP contribution in [0.1, 0.15) is 85.6 Å². The molecule has 0 saturated heterocycles. The molecule has 1 N–H and O–H groups in total. The molecule has 2 aromatic carbocycles. The molecule has 0 saturated carbocycles. The molecule has 0 spiro atoms. The standard InChI is InChI=1S/C20H18F4NO4.3C4H9.Sn/c1-20(2,3)29-19(27)25-14(9-11-7-5-4-6-8-11)18(26)28-17-15(23)12(21)10-13(22)16(17)24;3*1-3-4-2;/h5-8,10,14H,9H2,1-3H3,(H,25,27);3*1,3-4H2,2H3;/t14-;;;;/m0..../s1. The number of alkyl carbamates (subject to hydrolysis) is 1. The Kier molecular flexibility index (Phi) is 14.1. The molecule has 0 aromatic heterocycles. The van der Waals surface area contributed by atoms with Crippen molar-refractivity contribution in [1.82, 2.24) is 5.32 Å². The first kappa shape index (κ1) is 35.9. The third-order valence-corrected chi connectivity index (χ3v) is 23.0. The van der Waals surface area contributed by atoms with Crippen LogP contribution in [-0.2, 0) is 16.0 Å². The summed E-state index contributed by atoms with van der Waals surface area (Å²) >= 11 is -2.71. The Bertz CT molecular complexity index is 1140. The maximum absolute atomic E-state index is 14.2. The topological polar surface area (TPSA) is 64.6 Å². The van der Waals surface area contributed by atoms with Gasteiger partial charge in [0, 0.05) is 0 Å². The van der Waals surface area contributed by atoms with E-state index in [1.807, 2.05) is 12.1 Å². The van der Waals surface area contributed by atoms with Crippen LogP contribution in [0.4, 0.5) is 22.4 Å². The molecule has 0 bridgehead atoms. The molecule has 0 fully saturated rings. The summed E-state index contributed by atoms with van der Waals surface area (Å²) in [5.74, 6) is -9.93. The van der Waals surface area contributed by atoms with Gasteiger partial charge in [0.05, 0.1) is 0 Å². The van der Waals surface area contributed by atoms with Crippen molar-refractivity contribution in [3.8, 4) is 5.75 Å². The molecular weight excluding hydrogens is 657 g/mol. The van der Waals surface area contributed by atoms with Gasteiger partial charge in [0.2, 0.25) is 0 Å². The van der Waals surface area contributed by atoms with Gasteiger partial charge in [-0.3, -0.25) is 0 Å². The van der Waals surface area contributed by atoms with Crippen LogP contribution in [0.2, 0.25) is 13.3 Å². The van der Waals surface area contributed by atoms with E-state index >= 15 is 0 Å². The number of benzene rings is 2. The number of ether oxygens (including phenoxy) is 2. The first-order chi connectivity index (χ1) is 19.8. The Labute approximate surface area is 251 Å². The number of rotatable bonds is 15. The molecule has 0 aliphatic carbocycles. The van der Waals surface area contributed by atoms with Crippen LogP contribution < -0.4 is 13.6 Å². The van der Waals surface area contributed by atoms with Crippen LogP contribution in [0.15, 0.2) is 30.3 Å². The maximum atomic E-state index is 14.2. The van der Waals surface area contributed by atoms with E-state index in [9.17, 15) is 27.2 Å². The molecule has 2 aromatic rings. The molecule has 10 heteroatoms. The third kappa shape index (κ3) is 10.5. The number of hydrogen-bond donors (Lipinski definition) is 1. The Hall–Kier alpha value is -2.30. The van der Waals surface area contributed by atoms with Crippen molar-refractivity contribution in [2.75, 3.05) is 0 Å². The number of hydrogen-bond acceptors (Lipinski definition) is 4. The summed E-state index contributed by atoms with van der Waals surface area (Å²) in [4.78, 5) is 25.6. The Morgan fingerprint density at radius 1 is 0.833 bits per heavy atom. The van der Waals surface area contributed by atoms with Gasteiger partial charge in [0.15, 0.2) is 0 Å². The molecule has 2 rings (SSSR count). The first-order valence-electron chi connectivity index (χ1n) is 14.9. The van der Waals surface area contributed by atoms with Gasteiger partial charge in [-0.1, -0.05) is 0 Å². The van der Waals surface area contributed by atoms with Gasteiger partial charge in [-0.05, 0) is 0 Å². The van der Waals surface area contributed by atoms with Crippen LogP contribution in [0.5, 0.6) is 5.75 Å². The van der Waals surface area contributed by atoms with E-state index in [-0.39, 0.29) is 12.5 Å². The molecule has 0 aliphatic heterocycles. The molecule has 0 heterocycles. The van der Waals surface area contributed by atoms with Gasteiger partial charge >= 0.3 is 252 Å². The molecule has 1 amide bonds. The molecule has 234 valence electrons. The minimum absolute atomic E-state index is 0.0204. The van der Waals surface area contributed by atoms with Crippen LogP contribution in [0.25, 0.3) is 0 Å². The van der Waals surface area contributed by atoms with E-state index in [2.05, 4.69) is 38.2 Å². The van der Waals surface area contributed by atoms with Crippen molar-refractivity contribution >= 4 is 34.0 Å². The summed E-state index contributed by atoms with van der Waals surface area (Å²) in [6, 6.07) is 6.64. The zero-order valence-electron chi connectivity index (χ0n) is 25.7. The summed E-state index contributed by atoms with van der Waals surface area (Å²) in [7, 11) is 0. The van der Waals surface area contributed by atoms with Crippen molar-refractivity contribution in [1.29, 1.82) is 0 Å². The first-order valence-corrected chi connectivity index (χ1v) is 22.4.